The van der Waals surface area contributed by atoms with Crippen LogP contribution in [0.25, 0.3) is 0 Å². The number of ether oxygens (including phenoxy) is 3. The molecule has 11 nitrogen and oxygen atoms in total. The van der Waals surface area contributed by atoms with Gasteiger partial charge in [-0.15, -0.1) is 0 Å². The molecule has 0 heterocycles. The zero-order valence-corrected chi connectivity index (χ0v) is 16.9. The second-order valence-electron chi connectivity index (χ2n) is 6.94. The molecule has 0 aliphatic carbocycles. The number of alkyl carbamates (subject to hydrolysis) is 1. The number of non-ortho nitro benzene ring substituents is 1. The molecule has 1 atom stereocenters. The molecule has 0 fully saturated rings. The Labute approximate surface area is 167 Å². The summed E-state index contributed by atoms with van der Waals surface area (Å²) in [5.74, 6) is -1.20. The zero-order valence-electron chi connectivity index (χ0n) is 16.9. The molecule has 2 N–H and O–H groups in total. The Morgan fingerprint density at radius 1 is 1.24 bits per heavy atom. The number of nitrogens with one attached hydrogen (secondary N) is 2. The highest BCUT2D eigenvalue weighted by Gasteiger charge is 2.21. The van der Waals surface area contributed by atoms with Gasteiger partial charge in [-0.3, -0.25) is 19.7 Å². The van der Waals surface area contributed by atoms with Gasteiger partial charge in [-0.25, -0.2) is 4.79 Å². The molecule has 0 aliphatic heterocycles. The second kappa shape index (κ2) is 10.2. The summed E-state index contributed by atoms with van der Waals surface area (Å²) in [6.45, 7) is 6.44. The Morgan fingerprint density at radius 3 is 2.45 bits per heavy atom. The highest BCUT2D eigenvalue weighted by molar-refractivity contribution is 5.96. The van der Waals surface area contributed by atoms with Crippen LogP contribution in [-0.2, 0) is 19.1 Å². The zero-order chi connectivity index (χ0) is 22.2. The molecular formula is C18H25N3O8. The number of nitrogens with zero attached hydrogens (tertiary/aromatic N) is 1. The highest BCUT2D eigenvalue weighted by atomic mass is 16.6. The summed E-state index contributed by atoms with van der Waals surface area (Å²) >= 11 is 0. The molecule has 2 amide bonds. The Kier molecular flexibility index (Phi) is 8.37. The minimum atomic E-state index is -1.17. The molecule has 1 aromatic carbocycles. The third-order valence-electron chi connectivity index (χ3n) is 3.33. The molecule has 0 bridgehead atoms. The van der Waals surface area contributed by atoms with Crippen LogP contribution in [0.2, 0.25) is 0 Å². The van der Waals surface area contributed by atoms with E-state index in [0.717, 1.165) is 6.07 Å². The molecule has 0 saturated carbocycles. The quantitative estimate of drug-likeness (QED) is 0.377. The number of amides is 2. The summed E-state index contributed by atoms with van der Waals surface area (Å²) < 4.78 is 15.1. The van der Waals surface area contributed by atoms with E-state index in [1.807, 2.05) is 0 Å². The van der Waals surface area contributed by atoms with Crippen LogP contribution in [0.1, 0.15) is 34.1 Å². The van der Waals surface area contributed by atoms with Crippen LogP contribution in [0, 0.1) is 10.1 Å². The van der Waals surface area contributed by atoms with Crippen molar-refractivity contribution in [1.29, 1.82) is 0 Å². The Hall–Kier alpha value is -3.37. The van der Waals surface area contributed by atoms with Crippen molar-refractivity contribution in [3.63, 3.8) is 0 Å². The van der Waals surface area contributed by atoms with Gasteiger partial charge in [-0.2, -0.15) is 0 Å². The van der Waals surface area contributed by atoms with Gasteiger partial charge < -0.3 is 24.8 Å². The molecule has 0 aliphatic rings. The molecule has 1 aromatic rings. The molecule has 29 heavy (non-hydrogen) atoms. The van der Waals surface area contributed by atoms with E-state index in [0.29, 0.717) is 0 Å². The fourth-order valence-electron chi connectivity index (χ4n) is 2.03. The van der Waals surface area contributed by atoms with E-state index < -0.39 is 34.6 Å². The van der Waals surface area contributed by atoms with Crippen LogP contribution in [0.5, 0.6) is 5.75 Å². The number of benzene rings is 1. The van der Waals surface area contributed by atoms with Gasteiger partial charge >= 0.3 is 12.1 Å². The Bertz CT molecular complexity index is 773. The lowest BCUT2D eigenvalue weighted by Gasteiger charge is -2.19. The minimum absolute atomic E-state index is 0.0270. The van der Waals surface area contributed by atoms with Gasteiger partial charge in [0.2, 0.25) is 0 Å². The number of anilines is 1. The van der Waals surface area contributed by atoms with E-state index >= 15 is 0 Å². The van der Waals surface area contributed by atoms with Gasteiger partial charge in [-0.05, 0) is 33.8 Å². The average Bonchev–Trinajstić information content (AvgIpc) is 2.59. The van der Waals surface area contributed by atoms with E-state index in [1.165, 1.54) is 26.2 Å². The average molecular weight is 411 g/mol. The first-order valence-electron chi connectivity index (χ1n) is 8.72. The lowest BCUT2D eigenvalue weighted by molar-refractivity contribution is -0.384. The molecular weight excluding hydrogens is 386 g/mol. The lowest BCUT2D eigenvalue weighted by Crippen LogP contribution is -2.35. The number of esters is 1. The molecule has 1 rings (SSSR count). The first kappa shape index (κ1) is 23.7. The maximum atomic E-state index is 12.2. The summed E-state index contributed by atoms with van der Waals surface area (Å²) in [4.78, 5) is 45.8. The molecule has 1 unspecified atom stereocenters. The maximum Gasteiger partial charge on any atom is 0.407 e. The van der Waals surface area contributed by atoms with E-state index in [1.54, 1.807) is 20.8 Å². The molecule has 0 saturated heterocycles. The first-order chi connectivity index (χ1) is 13.4. The summed E-state index contributed by atoms with van der Waals surface area (Å²) in [6.07, 6.45) is -2.02. The predicted octanol–water partition coefficient (Wildman–Crippen LogP) is 2.39. The van der Waals surface area contributed by atoms with Crippen molar-refractivity contribution in [2.75, 3.05) is 19.0 Å². The van der Waals surface area contributed by atoms with Gasteiger partial charge in [-0.1, -0.05) is 0 Å². The van der Waals surface area contributed by atoms with Crippen molar-refractivity contribution in [2.24, 2.45) is 0 Å². The Balaban J connectivity index is 2.56. The van der Waals surface area contributed by atoms with Crippen LogP contribution < -0.4 is 15.4 Å². The monoisotopic (exact) mass is 411 g/mol. The number of hydrogen-bond acceptors (Lipinski definition) is 8. The predicted molar refractivity (Wildman–Crippen MR) is 103 cm³/mol. The van der Waals surface area contributed by atoms with Gasteiger partial charge in [0, 0.05) is 18.7 Å². The van der Waals surface area contributed by atoms with Crippen LogP contribution >= 0.6 is 0 Å². The molecule has 0 aromatic heterocycles. The maximum absolute atomic E-state index is 12.2. The van der Waals surface area contributed by atoms with Crippen molar-refractivity contribution < 1.29 is 33.5 Å². The molecule has 11 heteroatoms. The van der Waals surface area contributed by atoms with Crippen LogP contribution in [-0.4, -0.2) is 48.3 Å². The third-order valence-corrected chi connectivity index (χ3v) is 3.33. The van der Waals surface area contributed by atoms with Crippen LogP contribution in [0.3, 0.4) is 0 Å². The van der Waals surface area contributed by atoms with Crippen molar-refractivity contribution >= 4 is 29.3 Å². The van der Waals surface area contributed by atoms with Crippen molar-refractivity contribution in [1.82, 2.24) is 5.32 Å². The summed E-state index contributed by atoms with van der Waals surface area (Å²) in [6, 6.07) is 3.71. The van der Waals surface area contributed by atoms with Gasteiger partial charge in [0.25, 0.3) is 11.6 Å². The smallest absolute Gasteiger partial charge is 0.407 e. The van der Waals surface area contributed by atoms with Gasteiger partial charge in [0.05, 0.1) is 24.1 Å². The fourth-order valence-corrected chi connectivity index (χ4v) is 2.03. The van der Waals surface area contributed by atoms with E-state index in [4.69, 9.17) is 14.2 Å². The van der Waals surface area contributed by atoms with Crippen molar-refractivity contribution in [3.05, 3.63) is 28.3 Å². The fraction of sp³-hybridized carbons (Fsp3) is 0.500. The standard InChI is InChI=1S/C18H25N3O8/c1-11(28-15(22)8-9-19-17(24)29-18(2,3)4)16(23)20-13-10-12(21(25)26)6-7-14(13)27-5/h6-7,10-11H,8-9H2,1-5H3,(H,19,24)(H,20,23). The largest absolute Gasteiger partial charge is 0.495 e. The van der Waals surface area contributed by atoms with Crippen molar-refractivity contribution in [3.8, 4) is 5.75 Å². The lowest BCUT2D eigenvalue weighted by atomic mass is 10.2. The number of nitro benzene ring substituents is 1. The number of hydrogen-bond donors (Lipinski definition) is 2. The summed E-state index contributed by atoms with van der Waals surface area (Å²) in [5.41, 5.74) is -0.828. The summed E-state index contributed by atoms with van der Waals surface area (Å²) in [5, 5.41) is 15.7. The normalized spacial score (nSPS) is 11.8. The van der Waals surface area contributed by atoms with E-state index in [2.05, 4.69) is 10.6 Å². The summed E-state index contributed by atoms with van der Waals surface area (Å²) in [7, 11) is 1.35. The second-order valence-corrected chi connectivity index (χ2v) is 6.94. The first-order valence-corrected chi connectivity index (χ1v) is 8.72. The van der Waals surface area contributed by atoms with E-state index in [-0.39, 0.29) is 30.1 Å². The Morgan fingerprint density at radius 2 is 1.90 bits per heavy atom. The SMILES string of the molecule is COc1ccc([N+](=O)[O-])cc1NC(=O)C(C)OC(=O)CCNC(=O)OC(C)(C)C. The van der Waals surface area contributed by atoms with Gasteiger partial charge in [0.1, 0.15) is 11.4 Å². The van der Waals surface area contributed by atoms with Crippen molar-refractivity contribution in [2.45, 2.75) is 45.8 Å². The number of carbonyl (C=O) groups excluding carboxylic acids is 3. The van der Waals surface area contributed by atoms with E-state index in [9.17, 15) is 24.5 Å². The minimum Gasteiger partial charge on any atom is -0.495 e. The topological polar surface area (TPSA) is 146 Å². The molecule has 0 radical (unpaired) electrons. The number of methoxy groups -OCH3 is 1. The third kappa shape index (κ3) is 8.45. The van der Waals surface area contributed by atoms with Crippen LogP contribution in [0.15, 0.2) is 18.2 Å². The highest BCUT2D eigenvalue weighted by Crippen LogP contribution is 2.29. The number of nitro groups is 1. The van der Waals surface area contributed by atoms with Crippen LogP contribution in [0.4, 0.5) is 16.2 Å². The number of rotatable bonds is 8. The molecule has 0 spiro atoms. The number of carbonyl (C=O) groups is 3. The molecule has 160 valence electrons. The van der Waals surface area contributed by atoms with Gasteiger partial charge in [0.15, 0.2) is 6.10 Å².